The van der Waals surface area contributed by atoms with Crippen LogP contribution < -0.4 is 0 Å². The third-order valence-electron chi connectivity index (χ3n) is 17.9. The molecule has 8 fully saturated rings. The first kappa shape index (κ1) is 39.0. The lowest BCUT2D eigenvalue weighted by molar-refractivity contribution is -0.250. The number of hydrogen-bond donors (Lipinski definition) is 2. The quantitative estimate of drug-likeness (QED) is 0.292. The van der Waals surface area contributed by atoms with Crippen LogP contribution in [0.5, 0.6) is 0 Å². The van der Waals surface area contributed by atoms with Crippen molar-refractivity contribution in [2.45, 2.75) is 175 Å². The summed E-state index contributed by atoms with van der Waals surface area (Å²) < 4.78 is 26.0. The molecule has 0 aromatic carbocycles. The van der Waals surface area contributed by atoms with E-state index in [0.717, 1.165) is 51.4 Å². The molecule has 9 heteroatoms. The number of esters is 1. The summed E-state index contributed by atoms with van der Waals surface area (Å²) in [4.78, 5) is 17.3. The minimum atomic E-state index is -1.25. The summed E-state index contributed by atoms with van der Waals surface area (Å²) in [6.45, 7) is 30.1. The Hall–Kier alpha value is -0.810. The second-order valence-electron chi connectivity index (χ2n) is 22.4. The van der Waals surface area contributed by atoms with Crippen LogP contribution in [-0.4, -0.2) is 113 Å². The van der Waals surface area contributed by atoms with E-state index in [1.807, 2.05) is 0 Å². The van der Waals surface area contributed by atoms with E-state index in [9.17, 15) is 15.0 Å². The van der Waals surface area contributed by atoms with Crippen molar-refractivity contribution in [2.24, 2.45) is 56.7 Å². The third kappa shape index (κ3) is 5.72. The Bertz CT molecular complexity index is 1420. The number of aliphatic hydroxyl groups is 2. The molecule has 5 aliphatic carbocycles. The van der Waals surface area contributed by atoms with E-state index in [1.165, 1.54) is 45.7 Å². The fourth-order valence-electron chi connectivity index (χ4n) is 15.3. The van der Waals surface area contributed by atoms with Crippen LogP contribution in [0.15, 0.2) is 0 Å². The highest BCUT2D eigenvalue weighted by Gasteiger charge is 2.84. The molecule has 9 nitrogen and oxygen atoms in total. The highest BCUT2D eigenvalue weighted by atomic mass is 16.7. The topological polar surface area (TPSA) is 101 Å². The average molecular weight is 743 g/mol. The zero-order valence-electron chi connectivity index (χ0n) is 35.1. The van der Waals surface area contributed by atoms with Gasteiger partial charge in [-0.25, -0.2) is 0 Å². The van der Waals surface area contributed by atoms with Crippen LogP contribution >= 0.6 is 0 Å². The molecule has 8 aliphatic rings. The second-order valence-corrected chi connectivity index (χ2v) is 22.4. The normalized spacial score (nSPS) is 49.0. The predicted molar refractivity (Wildman–Crippen MR) is 204 cm³/mol. The summed E-state index contributed by atoms with van der Waals surface area (Å²) in [5.41, 5.74) is -0.688. The van der Waals surface area contributed by atoms with Crippen LogP contribution in [0.4, 0.5) is 0 Å². The summed E-state index contributed by atoms with van der Waals surface area (Å²) in [6.07, 6.45) is 6.83. The van der Waals surface area contributed by atoms with Gasteiger partial charge < -0.3 is 29.2 Å². The first-order chi connectivity index (χ1) is 24.6. The molecule has 3 heterocycles. The molecule has 302 valence electrons. The molecule has 2 N–H and O–H groups in total. The molecule has 0 aromatic rings. The number of hydrogen-bond acceptors (Lipinski definition) is 9. The molecule has 8 rings (SSSR count). The Kier molecular flexibility index (Phi) is 9.28. The summed E-state index contributed by atoms with van der Waals surface area (Å²) in [6, 6.07) is 0. The van der Waals surface area contributed by atoms with Crippen LogP contribution in [-0.2, 0) is 23.7 Å². The summed E-state index contributed by atoms with van der Waals surface area (Å²) >= 11 is 0. The molecular weight excluding hydrogens is 668 g/mol. The van der Waals surface area contributed by atoms with Crippen LogP contribution in [0.2, 0.25) is 0 Å². The van der Waals surface area contributed by atoms with Crippen molar-refractivity contribution >= 4 is 5.97 Å². The SMILES string of the molecule is CC(=O)O[C@@H]([C@H]1C[C@@H](C)[C@H]2[C@H](O1)[C@H](O)[C@@]1(C)[C@@H]3CC[C@H]4C(C)(C)[C@@H](O[C@H]5CN(CC6CN(C(C)(C)C)C6)CCO5)CC[C@@]45C[C@@]35CC[C@]21C)C(C)(C)O. The maximum Gasteiger partial charge on any atom is 0.303 e. The Morgan fingerprint density at radius 3 is 2.30 bits per heavy atom. The maximum atomic E-state index is 12.6. The van der Waals surface area contributed by atoms with Gasteiger partial charge in [-0.15, -0.1) is 0 Å². The maximum absolute atomic E-state index is 12.6. The molecule has 5 saturated carbocycles. The minimum Gasteiger partial charge on any atom is -0.457 e. The lowest BCUT2D eigenvalue weighted by atomic mass is 9.41. The lowest BCUT2D eigenvalue weighted by Gasteiger charge is -2.64. The largest absolute Gasteiger partial charge is 0.457 e. The van der Waals surface area contributed by atoms with Crippen LogP contribution in [0.3, 0.4) is 0 Å². The number of morpholine rings is 1. The van der Waals surface area contributed by atoms with Gasteiger partial charge in [-0.1, -0.05) is 34.6 Å². The van der Waals surface area contributed by atoms with Gasteiger partial charge in [-0.2, -0.15) is 0 Å². The number of aliphatic hydroxyl groups excluding tert-OH is 1. The molecule has 14 atom stereocenters. The van der Waals surface area contributed by atoms with Gasteiger partial charge in [-0.3, -0.25) is 14.6 Å². The number of likely N-dealkylation sites (tertiary alicyclic amines) is 1. The fraction of sp³-hybridized carbons (Fsp3) is 0.977. The molecule has 0 radical (unpaired) electrons. The number of ether oxygens (including phenoxy) is 4. The molecule has 0 bridgehead atoms. The van der Waals surface area contributed by atoms with E-state index in [1.54, 1.807) is 13.8 Å². The van der Waals surface area contributed by atoms with Crippen molar-refractivity contribution in [3.05, 3.63) is 0 Å². The average Bonchev–Trinajstić information content (AvgIpc) is 3.66. The van der Waals surface area contributed by atoms with Crippen LogP contribution in [0, 0.1) is 56.7 Å². The fourth-order valence-corrected chi connectivity index (χ4v) is 15.3. The second kappa shape index (κ2) is 12.6. The van der Waals surface area contributed by atoms with Gasteiger partial charge in [0.25, 0.3) is 0 Å². The van der Waals surface area contributed by atoms with Gasteiger partial charge in [-0.05, 0) is 137 Å². The third-order valence-corrected chi connectivity index (χ3v) is 17.9. The molecule has 0 amide bonds. The molecule has 53 heavy (non-hydrogen) atoms. The van der Waals surface area contributed by atoms with Crippen LogP contribution in [0.1, 0.15) is 128 Å². The number of carbonyl (C=O) groups excluding carboxylic acids is 1. The van der Waals surface area contributed by atoms with Crippen molar-refractivity contribution in [3.8, 4) is 0 Å². The predicted octanol–water partition coefficient (Wildman–Crippen LogP) is 6.28. The Labute approximate surface area is 320 Å². The smallest absolute Gasteiger partial charge is 0.303 e. The van der Waals surface area contributed by atoms with Crippen LogP contribution in [0.25, 0.3) is 0 Å². The Balaban J connectivity index is 0.966. The van der Waals surface area contributed by atoms with E-state index in [0.29, 0.717) is 23.7 Å². The van der Waals surface area contributed by atoms with Gasteiger partial charge in [0.15, 0.2) is 12.4 Å². The van der Waals surface area contributed by atoms with Crippen molar-refractivity contribution in [1.29, 1.82) is 0 Å². The lowest BCUT2D eigenvalue weighted by Crippen LogP contribution is -2.61. The van der Waals surface area contributed by atoms with Crippen molar-refractivity contribution < 1.29 is 34.0 Å². The standard InChI is InChI=1S/C44H74N2O7/c1-26-20-29(37(40(8,9)49)51-27(2)47)52-35-34(26)41(10)16-17-44-25-43(44)15-14-32(39(6,7)30(43)12-13-31(44)42(41,11)36(35)48)53-33-24-45(18-19-50-33)21-28-22-46(23-28)38(3,4)5/h26,28-37,48-49H,12-25H2,1-11H3/t26-,29-,30+,31+,32+,33+,34+,35+,36+,37+,41-,42-,43-,44+/m1/s1. The molecular formula is C44H74N2O7. The van der Waals surface area contributed by atoms with Gasteiger partial charge >= 0.3 is 5.97 Å². The highest BCUT2D eigenvalue weighted by Crippen LogP contribution is 2.89. The first-order valence-corrected chi connectivity index (χ1v) is 21.6. The molecule has 2 spiro atoms. The van der Waals surface area contributed by atoms with Gasteiger partial charge in [0.05, 0.1) is 36.6 Å². The molecule has 0 aromatic heterocycles. The van der Waals surface area contributed by atoms with Gasteiger partial charge in [0, 0.05) is 50.6 Å². The Morgan fingerprint density at radius 2 is 1.64 bits per heavy atom. The minimum absolute atomic E-state index is 0.0514. The number of nitrogens with zero attached hydrogens (tertiary/aromatic N) is 2. The number of carbonyl (C=O) groups is 1. The summed E-state index contributed by atoms with van der Waals surface area (Å²) in [5, 5.41) is 23.7. The van der Waals surface area contributed by atoms with E-state index in [-0.39, 0.29) is 57.5 Å². The van der Waals surface area contributed by atoms with E-state index >= 15 is 0 Å². The summed E-state index contributed by atoms with van der Waals surface area (Å²) in [7, 11) is 0. The molecule has 3 saturated heterocycles. The first-order valence-electron chi connectivity index (χ1n) is 21.6. The van der Waals surface area contributed by atoms with Gasteiger partial charge in [0.1, 0.15) is 0 Å². The molecule has 3 aliphatic heterocycles. The molecule has 0 unspecified atom stereocenters. The zero-order chi connectivity index (χ0) is 38.3. The number of rotatable bonds is 7. The van der Waals surface area contributed by atoms with Gasteiger partial charge in [0.2, 0.25) is 0 Å². The summed E-state index contributed by atoms with van der Waals surface area (Å²) in [5.74, 6) is 1.87. The highest BCUT2D eigenvalue weighted by molar-refractivity contribution is 5.66. The monoisotopic (exact) mass is 743 g/mol. The van der Waals surface area contributed by atoms with E-state index in [2.05, 4.69) is 65.2 Å². The van der Waals surface area contributed by atoms with Crippen molar-refractivity contribution in [2.75, 3.05) is 39.3 Å². The van der Waals surface area contributed by atoms with Crippen molar-refractivity contribution in [1.82, 2.24) is 9.80 Å². The van der Waals surface area contributed by atoms with Crippen molar-refractivity contribution in [3.63, 3.8) is 0 Å². The Morgan fingerprint density at radius 1 is 0.962 bits per heavy atom. The van der Waals surface area contributed by atoms with E-state index < -0.39 is 29.9 Å². The number of fused-ring (bicyclic) bond motifs is 4. The van der Waals surface area contributed by atoms with E-state index in [4.69, 9.17) is 18.9 Å². The zero-order valence-corrected chi connectivity index (χ0v) is 35.1.